The summed E-state index contributed by atoms with van der Waals surface area (Å²) in [6.45, 7) is 3.95. The third kappa shape index (κ3) is 2.23. The molecule has 4 rings (SSSR count). The fourth-order valence-electron chi connectivity index (χ4n) is 3.85. The van der Waals surface area contributed by atoms with Crippen LogP contribution in [0.25, 0.3) is 0 Å². The summed E-state index contributed by atoms with van der Waals surface area (Å²) >= 11 is 0. The Morgan fingerprint density at radius 2 is 1.75 bits per heavy atom. The number of hydrogen-bond acceptors (Lipinski definition) is 4. The second-order valence-electron chi connectivity index (χ2n) is 6.83. The van der Waals surface area contributed by atoms with Crippen molar-refractivity contribution in [3.8, 4) is 0 Å². The molecule has 0 aromatic heterocycles. The van der Waals surface area contributed by atoms with Crippen molar-refractivity contribution in [1.82, 2.24) is 0 Å². The highest BCUT2D eigenvalue weighted by atomic mass is 32.2. The number of epoxide rings is 1. The smallest absolute Gasteiger partial charge is 0.297 e. The van der Waals surface area contributed by atoms with E-state index in [1.807, 2.05) is 44.2 Å². The molecule has 2 fully saturated rings. The Hall–Kier alpha value is -1.69. The third-order valence-electron chi connectivity index (χ3n) is 5.22. The molecule has 1 saturated carbocycles. The normalized spacial score (nSPS) is 31.7. The Kier molecular flexibility index (Phi) is 3.39. The first kappa shape index (κ1) is 15.8. The Balaban J connectivity index is 1.66. The molecule has 0 unspecified atom stereocenters. The zero-order valence-electron chi connectivity index (χ0n) is 13.7. The molecular formula is C19H20O4S. The maximum absolute atomic E-state index is 12.7. The quantitative estimate of drug-likeness (QED) is 0.629. The molecule has 126 valence electrons. The summed E-state index contributed by atoms with van der Waals surface area (Å²) in [5.74, 6) is 0. The minimum Gasteiger partial charge on any atom is -0.355 e. The number of rotatable bonds is 4. The lowest BCUT2D eigenvalue weighted by Crippen LogP contribution is -2.31. The predicted molar refractivity (Wildman–Crippen MR) is 90.1 cm³/mol. The van der Waals surface area contributed by atoms with E-state index in [2.05, 4.69) is 0 Å². The number of ether oxygens (including phenoxy) is 1. The molecule has 0 amide bonds. The molecule has 0 spiro atoms. The van der Waals surface area contributed by atoms with Crippen LogP contribution in [0, 0.1) is 6.92 Å². The number of benzene rings is 2. The van der Waals surface area contributed by atoms with Crippen LogP contribution >= 0.6 is 0 Å². The Morgan fingerprint density at radius 1 is 1.08 bits per heavy atom. The maximum atomic E-state index is 12.7. The molecule has 3 atom stereocenters. The van der Waals surface area contributed by atoms with Gasteiger partial charge < -0.3 is 4.74 Å². The van der Waals surface area contributed by atoms with Crippen molar-refractivity contribution in [2.24, 2.45) is 0 Å². The summed E-state index contributed by atoms with van der Waals surface area (Å²) in [4.78, 5) is 0.186. The van der Waals surface area contributed by atoms with Gasteiger partial charge in [0.2, 0.25) is 0 Å². The predicted octanol–water partition coefficient (Wildman–Crippen LogP) is 3.55. The van der Waals surface area contributed by atoms with Crippen LogP contribution in [0.2, 0.25) is 0 Å². The van der Waals surface area contributed by atoms with E-state index in [1.54, 1.807) is 24.3 Å². The van der Waals surface area contributed by atoms with Crippen LogP contribution in [0.5, 0.6) is 0 Å². The second kappa shape index (κ2) is 5.15. The Bertz CT molecular complexity index is 860. The summed E-state index contributed by atoms with van der Waals surface area (Å²) in [7, 11) is -3.82. The molecule has 5 heteroatoms. The highest BCUT2D eigenvalue weighted by Crippen LogP contribution is 2.66. The van der Waals surface area contributed by atoms with E-state index in [0.717, 1.165) is 17.5 Å². The van der Waals surface area contributed by atoms with Crippen molar-refractivity contribution >= 4 is 10.1 Å². The zero-order chi connectivity index (χ0) is 17.0. The highest BCUT2D eigenvalue weighted by Gasteiger charge is 2.76. The highest BCUT2D eigenvalue weighted by molar-refractivity contribution is 7.86. The van der Waals surface area contributed by atoms with E-state index in [1.165, 1.54) is 0 Å². The molecule has 0 N–H and O–H groups in total. The molecule has 1 aliphatic heterocycles. The van der Waals surface area contributed by atoms with Gasteiger partial charge in [-0.2, -0.15) is 8.42 Å². The lowest BCUT2D eigenvalue weighted by molar-refractivity contribution is 0.0849. The number of aryl methyl sites for hydroxylation is 1. The van der Waals surface area contributed by atoms with Crippen LogP contribution in [0.15, 0.2) is 59.5 Å². The molecule has 1 aliphatic carbocycles. The molecule has 2 aliphatic rings. The first-order chi connectivity index (χ1) is 11.4. The largest absolute Gasteiger partial charge is 0.355 e. The molecule has 0 bridgehead atoms. The topological polar surface area (TPSA) is 55.9 Å². The van der Waals surface area contributed by atoms with E-state index in [9.17, 15) is 8.42 Å². The van der Waals surface area contributed by atoms with Gasteiger partial charge in [0, 0.05) is 0 Å². The molecule has 1 saturated heterocycles. The molecule has 1 heterocycles. The van der Waals surface area contributed by atoms with Crippen LogP contribution in [0.4, 0.5) is 0 Å². The summed E-state index contributed by atoms with van der Waals surface area (Å²) in [5, 5.41) is 0. The first-order valence-corrected chi connectivity index (χ1v) is 9.54. The minimum absolute atomic E-state index is 0.186. The fourth-order valence-corrected chi connectivity index (χ4v) is 4.97. The first-order valence-electron chi connectivity index (χ1n) is 8.13. The standard InChI is InChI=1S/C19H20O4S/c1-14-8-10-16(11-9-14)24(20,21)22-17-12-13-18(2)19(17,23-18)15-6-4-3-5-7-15/h3-11,17H,12-13H2,1-2H3/t17-,18+,19-/m0/s1. The van der Waals surface area contributed by atoms with Gasteiger partial charge in [0.05, 0.1) is 4.90 Å². The summed E-state index contributed by atoms with van der Waals surface area (Å²) < 4.78 is 37.0. The van der Waals surface area contributed by atoms with Gasteiger partial charge in [-0.05, 0) is 44.4 Å². The number of fused-ring (bicyclic) bond motifs is 1. The van der Waals surface area contributed by atoms with Crippen LogP contribution < -0.4 is 0 Å². The number of hydrogen-bond donors (Lipinski definition) is 0. The van der Waals surface area contributed by atoms with Crippen molar-refractivity contribution < 1.29 is 17.3 Å². The van der Waals surface area contributed by atoms with Crippen molar-refractivity contribution in [2.75, 3.05) is 0 Å². The molecule has 2 aromatic carbocycles. The second-order valence-corrected chi connectivity index (χ2v) is 8.40. The van der Waals surface area contributed by atoms with Crippen LogP contribution in [-0.4, -0.2) is 20.1 Å². The van der Waals surface area contributed by atoms with Crippen molar-refractivity contribution in [3.05, 3.63) is 65.7 Å². The van der Waals surface area contributed by atoms with Crippen molar-refractivity contribution in [1.29, 1.82) is 0 Å². The van der Waals surface area contributed by atoms with Gasteiger partial charge in [-0.1, -0.05) is 48.0 Å². The van der Waals surface area contributed by atoms with Crippen LogP contribution in [0.1, 0.15) is 30.9 Å². The zero-order valence-corrected chi connectivity index (χ0v) is 14.5. The van der Waals surface area contributed by atoms with Gasteiger partial charge in [-0.3, -0.25) is 4.18 Å². The average Bonchev–Trinajstić information content (AvgIpc) is 3.11. The van der Waals surface area contributed by atoms with E-state index >= 15 is 0 Å². The van der Waals surface area contributed by atoms with Gasteiger partial charge in [-0.15, -0.1) is 0 Å². The Morgan fingerprint density at radius 3 is 2.38 bits per heavy atom. The molecule has 4 nitrogen and oxygen atoms in total. The summed E-state index contributed by atoms with van der Waals surface area (Å²) in [6, 6.07) is 16.5. The van der Waals surface area contributed by atoms with E-state index < -0.39 is 21.8 Å². The lowest BCUT2D eigenvalue weighted by atomic mass is 9.89. The summed E-state index contributed by atoms with van der Waals surface area (Å²) in [5.41, 5.74) is 0.983. The van der Waals surface area contributed by atoms with E-state index in [4.69, 9.17) is 8.92 Å². The van der Waals surface area contributed by atoms with Gasteiger partial charge in [0.25, 0.3) is 10.1 Å². The fraction of sp³-hybridized carbons (Fsp3) is 0.368. The average molecular weight is 344 g/mol. The van der Waals surface area contributed by atoms with Gasteiger partial charge in [-0.25, -0.2) is 0 Å². The van der Waals surface area contributed by atoms with Crippen LogP contribution in [-0.2, 0) is 24.6 Å². The van der Waals surface area contributed by atoms with Crippen LogP contribution in [0.3, 0.4) is 0 Å². The minimum atomic E-state index is -3.82. The van der Waals surface area contributed by atoms with Crippen molar-refractivity contribution in [3.63, 3.8) is 0 Å². The van der Waals surface area contributed by atoms with Gasteiger partial charge in [0.1, 0.15) is 17.3 Å². The van der Waals surface area contributed by atoms with E-state index in [-0.39, 0.29) is 10.5 Å². The Labute approximate surface area is 142 Å². The van der Waals surface area contributed by atoms with Gasteiger partial charge in [0.15, 0.2) is 0 Å². The lowest BCUT2D eigenvalue weighted by Gasteiger charge is -2.21. The van der Waals surface area contributed by atoms with E-state index in [0.29, 0.717) is 6.42 Å². The molecular weight excluding hydrogens is 324 g/mol. The maximum Gasteiger partial charge on any atom is 0.297 e. The molecule has 24 heavy (non-hydrogen) atoms. The third-order valence-corrected chi connectivity index (χ3v) is 6.56. The monoisotopic (exact) mass is 344 g/mol. The molecule has 0 radical (unpaired) electrons. The van der Waals surface area contributed by atoms with Gasteiger partial charge >= 0.3 is 0 Å². The van der Waals surface area contributed by atoms with Crippen molar-refractivity contribution in [2.45, 2.75) is 48.9 Å². The molecule has 2 aromatic rings. The SMILES string of the molecule is Cc1ccc(S(=O)(=O)O[C@H]2CC[C@@]3(C)O[C@@]23c2ccccc2)cc1. The summed E-state index contributed by atoms with van der Waals surface area (Å²) in [6.07, 6.45) is 0.947.